The van der Waals surface area contributed by atoms with Crippen LogP contribution in [0.1, 0.15) is 25.3 Å². The molecule has 0 heterocycles. The number of nitrogens with one attached hydrogen (secondary N) is 1. The van der Waals surface area contributed by atoms with Gasteiger partial charge in [0.25, 0.3) is 0 Å². The monoisotopic (exact) mass is 250 g/mol. The maximum atomic E-state index is 11.7. The van der Waals surface area contributed by atoms with Crippen molar-refractivity contribution < 1.29 is 9.90 Å². The van der Waals surface area contributed by atoms with Gasteiger partial charge in [-0.25, -0.2) is 0 Å². The second-order valence-corrected chi connectivity index (χ2v) is 4.48. The number of nitrogens with two attached hydrogens (primary N) is 1. The van der Waals surface area contributed by atoms with E-state index in [-0.39, 0.29) is 12.5 Å². The minimum Gasteiger partial charge on any atom is -0.391 e. The van der Waals surface area contributed by atoms with Crippen LogP contribution in [0.2, 0.25) is 0 Å². The van der Waals surface area contributed by atoms with E-state index in [1.807, 2.05) is 37.3 Å². The number of hydrogen-bond donors (Lipinski definition) is 3. The third kappa shape index (κ3) is 5.29. The third-order valence-corrected chi connectivity index (χ3v) is 2.77. The number of benzene rings is 1. The van der Waals surface area contributed by atoms with Crippen molar-refractivity contribution >= 4 is 5.91 Å². The van der Waals surface area contributed by atoms with Crippen molar-refractivity contribution in [3.05, 3.63) is 35.9 Å². The fraction of sp³-hybridized carbons (Fsp3) is 0.500. The van der Waals surface area contributed by atoms with E-state index in [1.165, 1.54) is 0 Å². The van der Waals surface area contributed by atoms with Crippen molar-refractivity contribution in [3.8, 4) is 0 Å². The van der Waals surface area contributed by atoms with E-state index in [9.17, 15) is 9.90 Å². The van der Waals surface area contributed by atoms with Crippen LogP contribution in [-0.4, -0.2) is 29.7 Å². The zero-order chi connectivity index (χ0) is 13.4. The molecule has 1 amide bonds. The van der Waals surface area contributed by atoms with E-state index in [0.717, 1.165) is 12.0 Å². The maximum absolute atomic E-state index is 11.7. The largest absolute Gasteiger partial charge is 0.391 e. The summed E-state index contributed by atoms with van der Waals surface area (Å²) in [6.45, 7) is 2.27. The summed E-state index contributed by atoms with van der Waals surface area (Å²) in [5.41, 5.74) is 6.85. The zero-order valence-electron chi connectivity index (χ0n) is 10.8. The first-order chi connectivity index (χ1) is 8.63. The van der Waals surface area contributed by atoms with Crippen molar-refractivity contribution in [1.82, 2.24) is 5.32 Å². The molecule has 0 aliphatic rings. The lowest BCUT2D eigenvalue weighted by molar-refractivity contribution is -0.122. The smallest absolute Gasteiger partial charge is 0.237 e. The first-order valence-electron chi connectivity index (χ1n) is 6.38. The molecule has 0 spiro atoms. The molecule has 0 saturated heterocycles. The normalized spacial score (nSPS) is 13.9. The number of carbonyl (C=O) groups excluding carboxylic acids is 1. The Morgan fingerprint density at radius 2 is 2.06 bits per heavy atom. The highest BCUT2D eigenvalue weighted by molar-refractivity contribution is 5.81. The van der Waals surface area contributed by atoms with Gasteiger partial charge >= 0.3 is 0 Å². The molecule has 1 unspecified atom stereocenters. The molecule has 2 atom stereocenters. The number of carbonyl (C=O) groups is 1. The third-order valence-electron chi connectivity index (χ3n) is 2.77. The van der Waals surface area contributed by atoms with Crippen LogP contribution in [-0.2, 0) is 11.2 Å². The molecule has 100 valence electrons. The molecule has 18 heavy (non-hydrogen) atoms. The minimum absolute atomic E-state index is 0.214. The van der Waals surface area contributed by atoms with Crippen LogP contribution in [0.5, 0.6) is 0 Å². The van der Waals surface area contributed by atoms with E-state index in [1.54, 1.807) is 0 Å². The van der Waals surface area contributed by atoms with Crippen molar-refractivity contribution in [2.24, 2.45) is 5.73 Å². The summed E-state index contributed by atoms with van der Waals surface area (Å²) in [5.74, 6) is -0.214. The van der Waals surface area contributed by atoms with Gasteiger partial charge in [0.1, 0.15) is 0 Å². The number of aliphatic hydroxyl groups is 1. The number of rotatable bonds is 7. The van der Waals surface area contributed by atoms with Gasteiger partial charge in [0.15, 0.2) is 0 Å². The Hall–Kier alpha value is -1.39. The summed E-state index contributed by atoms with van der Waals surface area (Å²) in [6, 6.07) is 9.09. The first-order valence-corrected chi connectivity index (χ1v) is 6.38. The molecule has 0 bridgehead atoms. The van der Waals surface area contributed by atoms with Crippen molar-refractivity contribution in [3.63, 3.8) is 0 Å². The molecule has 0 radical (unpaired) electrons. The Morgan fingerprint density at radius 1 is 1.39 bits per heavy atom. The summed E-state index contributed by atoms with van der Waals surface area (Å²) >= 11 is 0. The molecule has 1 rings (SSSR count). The standard InChI is InChI=1S/C14H22N2O2/c1-2-6-12(17)10-16-14(18)13(15)9-11-7-4-3-5-8-11/h3-5,7-8,12-13,17H,2,6,9-10,15H2,1H3,(H,16,18)/t12?,13-/m1/s1. The van der Waals surface area contributed by atoms with E-state index in [0.29, 0.717) is 12.8 Å². The SMILES string of the molecule is CCCC(O)CNC(=O)[C@H](N)Cc1ccccc1. The van der Waals surface area contributed by atoms with Crippen molar-refractivity contribution in [2.75, 3.05) is 6.54 Å². The van der Waals surface area contributed by atoms with Gasteiger partial charge in [-0.2, -0.15) is 0 Å². The molecule has 0 aliphatic heterocycles. The average molecular weight is 250 g/mol. The minimum atomic E-state index is -0.568. The van der Waals surface area contributed by atoms with Gasteiger partial charge < -0.3 is 16.2 Å². The number of hydrogen-bond acceptors (Lipinski definition) is 3. The predicted octanol–water partition coefficient (Wildman–Crippen LogP) is 0.834. The molecule has 0 fully saturated rings. The first kappa shape index (κ1) is 14.7. The van der Waals surface area contributed by atoms with Crippen LogP contribution in [0, 0.1) is 0 Å². The molecular weight excluding hydrogens is 228 g/mol. The van der Waals surface area contributed by atoms with Gasteiger partial charge in [-0.3, -0.25) is 4.79 Å². The van der Waals surface area contributed by atoms with Gasteiger partial charge in [0.05, 0.1) is 12.1 Å². The average Bonchev–Trinajstić information content (AvgIpc) is 2.37. The lowest BCUT2D eigenvalue weighted by atomic mass is 10.1. The molecule has 4 N–H and O–H groups in total. The quantitative estimate of drug-likeness (QED) is 0.671. The fourth-order valence-corrected chi connectivity index (χ4v) is 1.75. The molecule has 1 aromatic carbocycles. The lowest BCUT2D eigenvalue weighted by Gasteiger charge is -2.14. The Kier molecular flexibility index (Phi) is 6.39. The van der Waals surface area contributed by atoms with E-state index in [4.69, 9.17) is 5.73 Å². The second-order valence-electron chi connectivity index (χ2n) is 4.48. The van der Waals surface area contributed by atoms with Crippen LogP contribution < -0.4 is 11.1 Å². The summed E-state index contributed by atoms with van der Waals surface area (Å²) in [7, 11) is 0. The Bertz CT molecular complexity index is 354. The second kappa shape index (κ2) is 7.84. The van der Waals surface area contributed by atoms with Crippen LogP contribution in [0.15, 0.2) is 30.3 Å². The van der Waals surface area contributed by atoms with E-state index >= 15 is 0 Å². The highest BCUT2D eigenvalue weighted by Gasteiger charge is 2.14. The van der Waals surface area contributed by atoms with Crippen molar-refractivity contribution in [1.29, 1.82) is 0 Å². The van der Waals surface area contributed by atoms with E-state index < -0.39 is 12.1 Å². The molecule has 0 aromatic heterocycles. The topological polar surface area (TPSA) is 75.3 Å². The molecule has 0 saturated carbocycles. The Labute approximate surface area is 108 Å². The zero-order valence-corrected chi connectivity index (χ0v) is 10.8. The molecular formula is C14H22N2O2. The Balaban J connectivity index is 2.33. The lowest BCUT2D eigenvalue weighted by Crippen LogP contribution is -2.44. The summed E-state index contributed by atoms with van der Waals surface area (Å²) in [6.07, 6.45) is 1.61. The molecule has 1 aromatic rings. The predicted molar refractivity (Wildman–Crippen MR) is 72.0 cm³/mol. The molecule has 4 nitrogen and oxygen atoms in total. The van der Waals surface area contributed by atoms with E-state index in [2.05, 4.69) is 5.32 Å². The highest BCUT2D eigenvalue weighted by atomic mass is 16.3. The number of aliphatic hydroxyl groups excluding tert-OH is 1. The van der Waals surface area contributed by atoms with Gasteiger partial charge in [-0.1, -0.05) is 43.7 Å². The van der Waals surface area contributed by atoms with Crippen molar-refractivity contribution in [2.45, 2.75) is 38.3 Å². The van der Waals surface area contributed by atoms with Gasteiger partial charge in [-0.15, -0.1) is 0 Å². The number of amides is 1. The fourth-order valence-electron chi connectivity index (χ4n) is 1.75. The highest BCUT2D eigenvalue weighted by Crippen LogP contribution is 2.02. The molecule has 0 aliphatic carbocycles. The summed E-state index contributed by atoms with van der Waals surface area (Å²) < 4.78 is 0. The van der Waals surface area contributed by atoms with Crippen LogP contribution in [0.25, 0.3) is 0 Å². The van der Waals surface area contributed by atoms with Crippen LogP contribution >= 0.6 is 0 Å². The van der Waals surface area contributed by atoms with Gasteiger partial charge in [-0.05, 0) is 18.4 Å². The maximum Gasteiger partial charge on any atom is 0.237 e. The summed E-state index contributed by atoms with van der Waals surface area (Å²) in [4.78, 5) is 11.7. The van der Waals surface area contributed by atoms with Crippen LogP contribution in [0.4, 0.5) is 0 Å². The van der Waals surface area contributed by atoms with Gasteiger partial charge in [0, 0.05) is 6.54 Å². The molecule has 4 heteroatoms. The van der Waals surface area contributed by atoms with Gasteiger partial charge in [0.2, 0.25) is 5.91 Å². The van der Waals surface area contributed by atoms with Crippen LogP contribution in [0.3, 0.4) is 0 Å². The Morgan fingerprint density at radius 3 is 2.67 bits per heavy atom. The summed E-state index contributed by atoms with van der Waals surface area (Å²) in [5, 5.41) is 12.2.